The molecule has 4 rings (SSSR count). The second-order valence-electron chi connectivity index (χ2n) is 6.13. The molecule has 0 fully saturated rings. The van der Waals surface area contributed by atoms with Gasteiger partial charge in [0.1, 0.15) is 0 Å². The fraction of sp³-hybridized carbons (Fsp3) is 0.0476. The SMILES string of the molecule is O=C(Nc1nc(-c2ccc3ccccc3c2)cs1)c1ccc(C(F)(F)F)cc1. The molecule has 0 unspecified atom stereocenters. The maximum absolute atomic E-state index is 12.6. The van der Waals surface area contributed by atoms with Gasteiger partial charge in [0.05, 0.1) is 11.3 Å². The molecule has 0 atom stereocenters. The summed E-state index contributed by atoms with van der Waals surface area (Å²) < 4.78 is 37.9. The number of aromatic nitrogens is 1. The van der Waals surface area contributed by atoms with E-state index in [1.165, 1.54) is 11.3 Å². The van der Waals surface area contributed by atoms with E-state index in [4.69, 9.17) is 0 Å². The number of thiazole rings is 1. The van der Waals surface area contributed by atoms with Crippen LogP contribution in [0.1, 0.15) is 15.9 Å². The molecule has 7 heteroatoms. The van der Waals surface area contributed by atoms with Crippen LogP contribution in [0.3, 0.4) is 0 Å². The Morgan fingerprint density at radius 2 is 1.64 bits per heavy atom. The summed E-state index contributed by atoms with van der Waals surface area (Å²) in [6.07, 6.45) is -4.43. The average molecular weight is 398 g/mol. The van der Waals surface area contributed by atoms with E-state index in [1.807, 2.05) is 47.8 Å². The van der Waals surface area contributed by atoms with Crippen LogP contribution in [-0.2, 0) is 6.18 Å². The Labute approximate surface area is 162 Å². The van der Waals surface area contributed by atoms with Crippen molar-refractivity contribution in [2.24, 2.45) is 0 Å². The largest absolute Gasteiger partial charge is 0.416 e. The van der Waals surface area contributed by atoms with Crippen LogP contribution >= 0.6 is 11.3 Å². The zero-order valence-corrected chi connectivity index (χ0v) is 15.1. The molecule has 3 aromatic carbocycles. The lowest BCUT2D eigenvalue weighted by atomic mass is 10.1. The number of alkyl halides is 3. The minimum absolute atomic E-state index is 0.135. The Balaban J connectivity index is 1.51. The van der Waals surface area contributed by atoms with Crippen LogP contribution in [0.25, 0.3) is 22.0 Å². The van der Waals surface area contributed by atoms with Crippen LogP contribution in [0.15, 0.2) is 72.1 Å². The van der Waals surface area contributed by atoms with Gasteiger partial charge in [0.25, 0.3) is 5.91 Å². The minimum Gasteiger partial charge on any atom is -0.298 e. The summed E-state index contributed by atoms with van der Waals surface area (Å²) >= 11 is 1.26. The number of halogens is 3. The summed E-state index contributed by atoms with van der Waals surface area (Å²) in [5, 5.41) is 7.05. The van der Waals surface area contributed by atoms with Crippen molar-refractivity contribution < 1.29 is 18.0 Å². The first-order valence-electron chi connectivity index (χ1n) is 8.33. The van der Waals surface area contributed by atoms with Crippen LogP contribution in [0.2, 0.25) is 0 Å². The summed E-state index contributed by atoms with van der Waals surface area (Å²) in [6, 6.07) is 18.0. The number of rotatable bonds is 3. The van der Waals surface area contributed by atoms with Gasteiger partial charge in [-0.05, 0) is 41.1 Å². The summed E-state index contributed by atoms with van der Waals surface area (Å²) in [4.78, 5) is 16.7. The summed E-state index contributed by atoms with van der Waals surface area (Å²) in [7, 11) is 0. The van der Waals surface area contributed by atoms with E-state index >= 15 is 0 Å². The van der Waals surface area contributed by atoms with Gasteiger partial charge in [-0.15, -0.1) is 11.3 Å². The molecule has 0 aliphatic heterocycles. The van der Waals surface area contributed by atoms with Crippen LogP contribution in [0.4, 0.5) is 18.3 Å². The number of carbonyl (C=O) groups excluding carboxylic acids is 1. The first-order chi connectivity index (χ1) is 13.4. The Morgan fingerprint density at radius 1 is 0.929 bits per heavy atom. The normalized spacial score (nSPS) is 11.5. The van der Waals surface area contributed by atoms with Crippen molar-refractivity contribution in [3.63, 3.8) is 0 Å². The van der Waals surface area contributed by atoms with Crippen molar-refractivity contribution in [1.82, 2.24) is 4.98 Å². The molecule has 0 aliphatic rings. The fourth-order valence-corrected chi connectivity index (χ4v) is 3.51. The second kappa shape index (κ2) is 7.09. The van der Waals surface area contributed by atoms with E-state index < -0.39 is 17.6 Å². The highest BCUT2D eigenvalue weighted by Gasteiger charge is 2.30. The molecular formula is C21H13F3N2OS. The molecule has 28 heavy (non-hydrogen) atoms. The lowest BCUT2D eigenvalue weighted by Crippen LogP contribution is -2.12. The van der Waals surface area contributed by atoms with Gasteiger partial charge in [0.15, 0.2) is 5.13 Å². The van der Waals surface area contributed by atoms with E-state index in [2.05, 4.69) is 10.3 Å². The molecule has 1 amide bonds. The quantitative estimate of drug-likeness (QED) is 0.444. The highest BCUT2D eigenvalue weighted by atomic mass is 32.1. The van der Waals surface area contributed by atoms with E-state index in [0.717, 1.165) is 46.3 Å². The van der Waals surface area contributed by atoms with E-state index in [9.17, 15) is 18.0 Å². The van der Waals surface area contributed by atoms with Gasteiger partial charge in [0.2, 0.25) is 0 Å². The van der Waals surface area contributed by atoms with Gasteiger partial charge < -0.3 is 0 Å². The van der Waals surface area contributed by atoms with Gasteiger partial charge in [-0.1, -0.05) is 36.4 Å². The summed E-state index contributed by atoms with van der Waals surface area (Å²) in [5.41, 5.74) is 0.982. The third-order valence-electron chi connectivity index (χ3n) is 4.24. The average Bonchev–Trinajstić information content (AvgIpc) is 3.15. The van der Waals surface area contributed by atoms with Gasteiger partial charge >= 0.3 is 6.18 Å². The molecule has 0 radical (unpaired) electrons. The Morgan fingerprint density at radius 3 is 2.36 bits per heavy atom. The number of hydrogen-bond acceptors (Lipinski definition) is 3. The van der Waals surface area contributed by atoms with Crippen LogP contribution in [-0.4, -0.2) is 10.9 Å². The predicted molar refractivity (Wildman–Crippen MR) is 104 cm³/mol. The Bertz CT molecular complexity index is 1150. The van der Waals surface area contributed by atoms with Gasteiger partial charge in [0, 0.05) is 16.5 Å². The summed E-state index contributed by atoms with van der Waals surface area (Å²) in [6.45, 7) is 0. The smallest absolute Gasteiger partial charge is 0.298 e. The highest BCUT2D eigenvalue weighted by molar-refractivity contribution is 7.14. The molecule has 1 N–H and O–H groups in total. The van der Waals surface area contributed by atoms with Gasteiger partial charge in [-0.25, -0.2) is 4.98 Å². The number of hydrogen-bond donors (Lipinski definition) is 1. The maximum atomic E-state index is 12.6. The maximum Gasteiger partial charge on any atom is 0.416 e. The van der Waals surface area contributed by atoms with E-state index in [-0.39, 0.29) is 5.56 Å². The van der Waals surface area contributed by atoms with Crippen molar-refractivity contribution in [2.45, 2.75) is 6.18 Å². The molecule has 140 valence electrons. The molecule has 0 spiro atoms. The third kappa shape index (κ3) is 3.75. The van der Waals surface area contributed by atoms with E-state index in [0.29, 0.717) is 5.13 Å². The number of fused-ring (bicyclic) bond motifs is 1. The molecule has 0 bridgehead atoms. The van der Waals surface area contributed by atoms with Crippen molar-refractivity contribution >= 4 is 33.1 Å². The molecule has 0 aliphatic carbocycles. The number of amides is 1. The van der Waals surface area contributed by atoms with Crippen molar-refractivity contribution in [3.8, 4) is 11.3 Å². The molecule has 1 heterocycles. The lowest BCUT2D eigenvalue weighted by molar-refractivity contribution is -0.137. The fourth-order valence-electron chi connectivity index (χ4n) is 2.79. The van der Waals surface area contributed by atoms with Crippen molar-refractivity contribution in [1.29, 1.82) is 0 Å². The van der Waals surface area contributed by atoms with Crippen LogP contribution in [0, 0.1) is 0 Å². The second-order valence-corrected chi connectivity index (χ2v) is 6.99. The molecule has 1 aromatic heterocycles. The standard InChI is InChI=1S/C21H13F3N2OS/c22-21(23,24)17-9-7-14(8-10-17)19(27)26-20-25-18(12-28-20)16-6-5-13-3-1-2-4-15(13)11-16/h1-12H,(H,25,26,27). The summed E-state index contributed by atoms with van der Waals surface area (Å²) in [5.74, 6) is -0.506. The Hall–Kier alpha value is -3.19. The number of benzene rings is 3. The molecular weight excluding hydrogens is 385 g/mol. The van der Waals surface area contributed by atoms with E-state index in [1.54, 1.807) is 0 Å². The zero-order chi connectivity index (χ0) is 19.7. The predicted octanol–water partition coefficient (Wildman–Crippen LogP) is 6.23. The molecule has 4 aromatic rings. The van der Waals surface area contributed by atoms with Crippen molar-refractivity contribution in [2.75, 3.05) is 5.32 Å². The number of anilines is 1. The molecule has 0 saturated carbocycles. The minimum atomic E-state index is -4.43. The number of nitrogens with zero attached hydrogens (tertiary/aromatic N) is 1. The van der Waals surface area contributed by atoms with Crippen LogP contribution < -0.4 is 5.32 Å². The third-order valence-corrected chi connectivity index (χ3v) is 5.00. The Kier molecular flexibility index (Phi) is 4.60. The van der Waals surface area contributed by atoms with Crippen molar-refractivity contribution in [3.05, 3.63) is 83.2 Å². The van der Waals surface area contributed by atoms with Gasteiger partial charge in [-0.2, -0.15) is 13.2 Å². The first-order valence-corrected chi connectivity index (χ1v) is 9.21. The molecule has 3 nitrogen and oxygen atoms in total. The molecule has 0 saturated heterocycles. The lowest BCUT2D eigenvalue weighted by Gasteiger charge is -2.07. The monoisotopic (exact) mass is 398 g/mol. The highest BCUT2D eigenvalue weighted by Crippen LogP contribution is 2.30. The van der Waals surface area contributed by atoms with Crippen LogP contribution in [0.5, 0.6) is 0 Å². The zero-order valence-electron chi connectivity index (χ0n) is 14.3. The number of carbonyl (C=O) groups is 1. The number of nitrogens with one attached hydrogen (secondary N) is 1. The van der Waals surface area contributed by atoms with Gasteiger partial charge in [-0.3, -0.25) is 10.1 Å². The first kappa shape index (κ1) is 18.2. The topological polar surface area (TPSA) is 42.0 Å².